The van der Waals surface area contributed by atoms with Crippen molar-refractivity contribution in [3.05, 3.63) is 104 Å². The summed E-state index contributed by atoms with van der Waals surface area (Å²) in [5.41, 5.74) is 33.5. The van der Waals surface area contributed by atoms with Gasteiger partial charge in [0.2, 0.25) is 0 Å². The highest BCUT2D eigenvalue weighted by atomic mass is 15.2. The van der Waals surface area contributed by atoms with Crippen molar-refractivity contribution in [3.8, 4) is 0 Å². The molecule has 0 saturated carbocycles. The van der Waals surface area contributed by atoms with Gasteiger partial charge < -0.3 is 13.7 Å². The van der Waals surface area contributed by atoms with Crippen molar-refractivity contribution in [1.82, 2.24) is 13.7 Å². The topological polar surface area (TPSA) is 161 Å². The Bertz CT molecular complexity index is 2040. The molecule has 3 heterocycles. The molecule has 0 bridgehead atoms. The smallest absolute Gasteiger partial charge is 0.0614 e. The Labute approximate surface area is 237 Å². The second-order valence-corrected chi connectivity index (χ2v) is 10.0. The summed E-state index contributed by atoms with van der Waals surface area (Å²) < 4.78 is 6.79. The van der Waals surface area contributed by atoms with Crippen molar-refractivity contribution < 1.29 is 0 Å². The number of para-hydroxylation sites is 3. The molecule has 0 N–H and O–H groups in total. The van der Waals surface area contributed by atoms with E-state index in [2.05, 4.69) is 80.2 Å². The Hall–Kier alpha value is -5.79. The van der Waals surface area contributed by atoms with E-state index >= 15 is 0 Å². The van der Waals surface area contributed by atoms with Gasteiger partial charge in [0.1, 0.15) is 0 Å². The predicted molar refractivity (Wildman–Crippen MR) is 167 cm³/mol. The average Bonchev–Trinajstić information content (AvgIpc) is 3.64. The lowest BCUT2D eigenvalue weighted by atomic mass is 10.0. The first-order valence-electron chi connectivity index (χ1n) is 13.7. The average molecular weight is 553 g/mol. The lowest BCUT2D eigenvalue weighted by Crippen LogP contribution is -2.04. The second kappa shape index (κ2) is 10.3. The Balaban J connectivity index is 1.81. The molecule has 0 fully saturated rings. The minimum absolute atomic E-state index is 0.305. The molecule has 0 amide bonds. The fourth-order valence-corrected chi connectivity index (χ4v) is 6.67. The Morgan fingerprint density at radius 2 is 0.738 bits per heavy atom. The summed E-state index contributed by atoms with van der Waals surface area (Å²) in [4.78, 5) is 9.04. The first kappa shape index (κ1) is 25.2. The third-order valence-corrected chi connectivity index (χ3v) is 8.08. The fraction of sp³-hybridized carbons (Fsp3) is 0.200. The number of fused-ring (bicyclic) bond motifs is 12. The van der Waals surface area contributed by atoms with Gasteiger partial charge in [0, 0.05) is 103 Å². The van der Waals surface area contributed by atoms with Crippen LogP contribution in [-0.2, 0) is 19.6 Å². The Morgan fingerprint density at radius 1 is 0.452 bits per heavy atom. The molecular formula is C30H24N12. The molecule has 12 nitrogen and oxygen atoms in total. The molecule has 7 aromatic rings. The van der Waals surface area contributed by atoms with E-state index in [0.29, 0.717) is 39.3 Å². The van der Waals surface area contributed by atoms with Crippen molar-refractivity contribution in [3.63, 3.8) is 0 Å². The van der Waals surface area contributed by atoms with Crippen molar-refractivity contribution in [2.75, 3.05) is 19.6 Å². The van der Waals surface area contributed by atoms with Crippen LogP contribution in [0.15, 0.2) is 88.1 Å². The largest absolute Gasteiger partial charge is 0.340 e. The SMILES string of the molecule is [N-]=[N+]=NCCn1c2ccccc2c2c1c1c3ccccc3n(CCN=[N+]=[N-])c1c1c3ccccc3n(CCN=[N+]=[N-])c21. The van der Waals surface area contributed by atoms with E-state index in [1.54, 1.807) is 0 Å². The number of aromatic nitrogens is 3. The van der Waals surface area contributed by atoms with Gasteiger partial charge in [-0.1, -0.05) is 69.9 Å². The van der Waals surface area contributed by atoms with Gasteiger partial charge in [0.05, 0.1) is 16.6 Å². The van der Waals surface area contributed by atoms with Crippen LogP contribution in [0.1, 0.15) is 0 Å². The molecule has 0 radical (unpaired) electrons. The van der Waals surface area contributed by atoms with Gasteiger partial charge in [-0.15, -0.1) is 0 Å². The summed E-state index contributed by atoms with van der Waals surface area (Å²) in [7, 11) is 0. The normalized spacial score (nSPS) is 11.4. The zero-order valence-corrected chi connectivity index (χ0v) is 22.5. The first-order valence-corrected chi connectivity index (χ1v) is 13.7. The first-order chi connectivity index (χ1) is 20.8. The third kappa shape index (κ3) is 3.61. The van der Waals surface area contributed by atoms with Crippen molar-refractivity contribution in [2.45, 2.75) is 19.6 Å². The van der Waals surface area contributed by atoms with Crippen molar-refractivity contribution in [1.29, 1.82) is 0 Å². The van der Waals surface area contributed by atoms with E-state index in [9.17, 15) is 0 Å². The molecule has 0 aliphatic carbocycles. The monoisotopic (exact) mass is 552 g/mol. The number of nitrogens with zero attached hydrogens (tertiary/aromatic N) is 12. The van der Waals surface area contributed by atoms with Crippen LogP contribution in [0.3, 0.4) is 0 Å². The summed E-state index contributed by atoms with van der Waals surface area (Å²) in [6.45, 7) is 2.43. The zero-order valence-electron chi connectivity index (χ0n) is 22.5. The number of hydrogen-bond acceptors (Lipinski definition) is 3. The zero-order chi connectivity index (χ0) is 28.6. The maximum atomic E-state index is 9.08. The molecule has 4 aromatic carbocycles. The van der Waals surface area contributed by atoms with Crippen LogP contribution in [0.5, 0.6) is 0 Å². The van der Waals surface area contributed by atoms with Gasteiger partial charge in [0.25, 0.3) is 0 Å². The van der Waals surface area contributed by atoms with Gasteiger partial charge in [-0.2, -0.15) is 0 Å². The molecule has 0 atom stereocenters. The molecule has 12 heteroatoms. The molecular weight excluding hydrogens is 528 g/mol. The molecule has 7 rings (SSSR count). The van der Waals surface area contributed by atoms with Crippen LogP contribution >= 0.6 is 0 Å². The molecule has 0 saturated heterocycles. The van der Waals surface area contributed by atoms with E-state index < -0.39 is 0 Å². The van der Waals surface area contributed by atoms with Crippen LogP contribution in [-0.4, -0.2) is 33.3 Å². The Kier molecular flexibility index (Phi) is 6.19. The van der Waals surface area contributed by atoms with Gasteiger partial charge in [-0.25, -0.2) is 0 Å². The van der Waals surface area contributed by atoms with Crippen molar-refractivity contribution in [2.24, 2.45) is 15.3 Å². The lowest BCUT2D eigenvalue weighted by molar-refractivity contribution is 0.749. The predicted octanol–water partition coefficient (Wildman–Crippen LogP) is 8.94. The molecule has 0 unspecified atom stereocenters. The van der Waals surface area contributed by atoms with Crippen LogP contribution in [0.2, 0.25) is 0 Å². The van der Waals surface area contributed by atoms with Crippen molar-refractivity contribution >= 4 is 65.4 Å². The summed E-state index contributed by atoms with van der Waals surface area (Å²) in [6.07, 6.45) is 0. The van der Waals surface area contributed by atoms with E-state index in [0.717, 1.165) is 65.4 Å². The van der Waals surface area contributed by atoms with E-state index in [-0.39, 0.29) is 0 Å². The van der Waals surface area contributed by atoms with Crippen LogP contribution < -0.4 is 0 Å². The standard InChI is InChI=1S/C30H24N12/c31-37-34-13-16-40-22-10-4-1-7-19(22)25-28(40)26-21-9-3-6-12-24(21)42(18-15-36-39-33)30(26)27-20-8-2-5-11-23(20)41(29(25)27)17-14-35-38-32/h1-12H,13-18H2. The van der Waals surface area contributed by atoms with Crippen LogP contribution in [0, 0.1) is 0 Å². The number of azide groups is 3. The number of rotatable bonds is 9. The minimum Gasteiger partial charge on any atom is -0.340 e. The maximum Gasteiger partial charge on any atom is 0.0614 e. The molecule has 0 aliphatic heterocycles. The molecule has 3 aromatic heterocycles. The maximum absolute atomic E-state index is 9.08. The highest BCUT2D eigenvalue weighted by Gasteiger charge is 2.26. The van der Waals surface area contributed by atoms with E-state index in [1.807, 2.05) is 36.4 Å². The summed E-state index contributed by atoms with van der Waals surface area (Å²) >= 11 is 0. The van der Waals surface area contributed by atoms with Crippen LogP contribution in [0.4, 0.5) is 0 Å². The van der Waals surface area contributed by atoms with E-state index in [4.69, 9.17) is 16.6 Å². The second-order valence-electron chi connectivity index (χ2n) is 10.0. The minimum atomic E-state index is 0.305. The quantitative estimate of drug-likeness (QED) is 0.0950. The van der Waals surface area contributed by atoms with Gasteiger partial charge in [-0.05, 0) is 34.8 Å². The summed E-state index contributed by atoms with van der Waals surface area (Å²) in [5.74, 6) is 0. The highest BCUT2D eigenvalue weighted by Crippen LogP contribution is 2.47. The van der Waals surface area contributed by atoms with Gasteiger partial charge >= 0.3 is 0 Å². The fourth-order valence-electron chi connectivity index (χ4n) is 6.67. The van der Waals surface area contributed by atoms with E-state index in [1.165, 1.54) is 0 Å². The Morgan fingerprint density at radius 3 is 1.02 bits per heavy atom. The third-order valence-electron chi connectivity index (χ3n) is 8.08. The molecule has 42 heavy (non-hydrogen) atoms. The summed E-state index contributed by atoms with van der Waals surface area (Å²) in [5, 5.41) is 18.2. The van der Waals surface area contributed by atoms with Gasteiger partial charge in [-0.3, -0.25) is 0 Å². The summed E-state index contributed by atoms with van der Waals surface area (Å²) in [6, 6.07) is 25.0. The molecule has 0 spiro atoms. The highest BCUT2D eigenvalue weighted by molar-refractivity contribution is 6.39. The lowest BCUT2D eigenvalue weighted by Gasteiger charge is -2.12. The number of hydrogen-bond donors (Lipinski definition) is 0. The molecule has 0 aliphatic rings. The molecule has 204 valence electrons. The number of benzene rings is 4. The van der Waals surface area contributed by atoms with Gasteiger partial charge in [0.15, 0.2) is 0 Å². The van der Waals surface area contributed by atoms with Crippen LogP contribution in [0.25, 0.3) is 96.7 Å².